The van der Waals surface area contributed by atoms with Crippen LogP contribution < -0.4 is 5.32 Å². The van der Waals surface area contributed by atoms with E-state index in [1.807, 2.05) is 13.8 Å². The summed E-state index contributed by atoms with van der Waals surface area (Å²) in [5.41, 5.74) is -0.0540. The molecule has 0 aliphatic heterocycles. The first-order valence-corrected chi connectivity index (χ1v) is 6.62. The molecule has 2 unspecified atom stereocenters. The van der Waals surface area contributed by atoms with E-state index in [2.05, 4.69) is 34.3 Å². The van der Waals surface area contributed by atoms with Crippen LogP contribution in [-0.2, 0) is 4.74 Å². The fraction of sp³-hybridized carbons (Fsp3) is 0.769. The summed E-state index contributed by atoms with van der Waals surface area (Å²) < 4.78 is 5.37. The molecule has 2 rings (SSSR count). The van der Waals surface area contributed by atoms with Crippen LogP contribution in [0.15, 0.2) is 0 Å². The molecule has 0 bridgehead atoms. The Kier molecular flexibility index (Phi) is 3.62. The number of amides is 1. The average molecular weight is 266 g/mol. The van der Waals surface area contributed by atoms with E-state index >= 15 is 0 Å². The number of carbonyl (C=O) groups is 1. The largest absolute Gasteiger partial charge is 0.381 e. The fourth-order valence-corrected chi connectivity index (χ4v) is 2.39. The number of H-pyrrole nitrogens is 1. The Bertz CT molecular complexity index is 467. The van der Waals surface area contributed by atoms with Crippen molar-refractivity contribution in [2.75, 3.05) is 7.11 Å². The molecule has 1 amide bonds. The van der Waals surface area contributed by atoms with Gasteiger partial charge in [0, 0.05) is 24.5 Å². The van der Waals surface area contributed by atoms with Gasteiger partial charge in [0.05, 0.1) is 6.10 Å². The molecule has 0 spiro atoms. The first kappa shape index (κ1) is 14.0. The summed E-state index contributed by atoms with van der Waals surface area (Å²) in [6, 6.07) is 0.103. The predicted octanol–water partition coefficient (Wildman–Crippen LogP) is 1.47. The number of methoxy groups -OCH3 is 1. The van der Waals surface area contributed by atoms with E-state index in [1.165, 1.54) is 0 Å². The number of ether oxygens (including phenoxy) is 1. The highest BCUT2D eigenvalue weighted by atomic mass is 16.5. The number of carbonyl (C=O) groups excluding carboxylic acids is 1. The molecule has 0 radical (unpaired) electrons. The van der Waals surface area contributed by atoms with Crippen LogP contribution in [0.3, 0.4) is 0 Å². The van der Waals surface area contributed by atoms with Gasteiger partial charge in [-0.05, 0) is 6.42 Å². The number of hydrogen-bond acceptors (Lipinski definition) is 4. The molecule has 0 saturated heterocycles. The lowest BCUT2D eigenvalue weighted by molar-refractivity contribution is -0.0943. The minimum atomic E-state index is -0.226. The maximum absolute atomic E-state index is 12.1. The third-order valence-corrected chi connectivity index (χ3v) is 4.02. The highest BCUT2D eigenvalue weighted by Gasteiger charge is 2.49. The summed E-state index contributed by atoms with van der Waals surface area (Å²) in [5.74, 6) is 0.941. The third-order valence-electron chi connectivity index (χ3n) is 4.02. The van der Waals surface area contributed by atoms with Crippen LogP contribution in [-0.4, -0.2) is 40.3 Å². The Morgan fingerprint density at radius 2 is 2.21 bits per heavy atom. The molecule has 106 valence electrons. The van der Waals surface area contributed by atoms with Crippen LogP contribution in [0.4, 0.5) is 0 Å². The smallest absolute Gasteiger partial charge is 0.291 e. The zero-order chi connectivity index (χ0) is 14.2. The van der Waals surface area contributed by atoms with Gasteiger partial charge in [0.25, 0.3) is 5.91 Å². The molecular formula is C13H22N4O2. The van der Waals surface area contributed by atoms with Gasteiger partial charge in [-0.25, -0.2) is 4.98 Å². The van der Waals surface area contributed by atoms with Gasteiger partial charge in [-0.1, -0.05) is 27.7 Å². The SMILES string of the molecule is COC1CC(NC(=O)c2n[nH]c(C(C)C)n2)C1(C)C. The quantitative estimate of drug-likeness (QED) is 0.865. The molecule has 1 fully saturated rings. The lowest BCUT2D eigenvalue weighted by Gasteiger charge is -2.51. The number of hydrogen-bond donors (Lipinski definition) is 2. The molecule has 2 N–H and O–H groups in total. The Balaban J connectivity index is 1.98. The Hall–Kier alpha value is -1.43. The van der Waals surface area contributed by atoms with Crippen molar-refractivity contribution in [3.8, 4) is 0 Å². The maximum atomic E-state index is 12.1. The van der Waals surface area contributed by atoms with Gasteiger partial charge < -0.3 is 10.1 Å². The van der Waals surface area contributed by atoms with Gasteiger partial charge in [0.15, 0.2) is 0 Å². The topological polar surface area (TPSA) is 79.9 Å². The third kappa shape index (κ3) is 2.49. The summed E-state index contributed by atoms with van der Waals surface area (Å²) in [6.07, 6.45) is 1.02. The van der Waals surface area contributed by atoms with E-state index in [4.69, 9.17) is 4.74 Å². The van der Waals surface area contributed by atoms with E-state index in [0.717, 1.165) is 12.2 Å². The van der Waals surface area contributed by atoms with E-state index < -0.39 is 0 Å². The van der Waals surface area contributed by atoms with Crippen LogP contribution >= 0.6 is 0 Å². The molecule has 1 aromatic heterocycles. The molecule has 0 aromatic carbocycles. The zero-order valence-electron chi connectivity index (χ0n) is 12.2. The monoisotopic (exact) mass is 266 g/mol. The summed E-state index contributed by atoms with van der Waals surface area (Å²) in [7, 11) is 1.70. The number of aromatic nitrogens is 3. The highest BCUT2D eigenvalue weighted by molar-refractivity contribution is 5.90. The number of aromatic amines is 1. The van der Waals surface area contributed by atoms with Crippen LogP contribution in [0.1, 0.15) is 56.5 Å². The zero-order valence-corrected chi connectivity index (χ0v) is 12.2. The Morgan fingerprint density at radius 1 is 1.53 bits per heavy atom. The summed E-state index contributed by atoms with van der Waals surface area (Å²) in [5, 5.41) is 9.72. The predicted molar refractivity (Wildman–Crippen MR) is 70.9 cm³/mol. The second-order valence-corrected chi connectivity index (χ2v) is 6.01. The van der Waals surface area contributed by atoms with Crippen LogP contribution in [0.5, 0.6) is 0 Å². The molecule has 2 atom stereocenters. The van der Waals surface area contributed by atoms with Crippen molar-refractivity contribution in [1.82, 2.24) is 20.5 Å². The van der Waals surface area contributed by atoms with Crippen LogP contribution in [0, 0.1) is 5.41 Å². The molecule has 6 heteroatoms. The van der Waals surface area contributed by atoms with Crippen molar-refractivity contribution in [3.05, 3.63) is 11.6 Å². The lowest BCUT2D eigenvalue weighted by Crippen LogP contribution is -2.61. The molecular weight excluding hydrogens is 244 g/mol. The van der Waals surface area contributed by atoms with Gasteiger partial charge in [0.2, 0.25) is 5.82 Å². The minimum absolute atomic E-state index is 0.0540. The molecule has 1 heterocycles. The molecule has 1 aliphatic carbocycles. The number of rotatable bonds is 4. The minimum Gasteiger partial charge on any atom is -0.381 e. The molecule has 1 saturated carbocycles. The Morgan fingerprint density at radius 3 is 2.68 bits per heavy atom. The second kappa shape index (κ2) is 4.92. The van der Waals surface area contributed by atoms with Gasteiger partial charge in [-0.15, -0.1) is 5.10 Å². The normalized spacial score (nSPS) is 25.2. The number of nitrogens with zero attached hydrogens (tertiary/aromatic N) is 2. The van der Waals surface area contributed by atoms with Crippen molar-refractivity contribution in [1.29, 1.82) is 0 Å². The average Bonchev–Trinajstić information content (AvgIpc) is 2.83. The first-order valence-electron chi connectivity index (χ1n) is 6.62. The maximum Gasteiger partial charge on any atom is 0.291 e. The Labute approximate surface area is 113 Å². The van der Waals surface area contributed by atoms with E-state index in [0.29, 0.717) is 0 Å². The lowest BCUT2D eigenvalue weighted by atomic mass is 9.64. The van der Waals surface area contributed by atoms with E-state index in [1.54, 1.807) is 7.11 Å². The second-order valence-electron chi connectivity index (χ2n) is 6.01. The van der Waals surface area contributed by atoms with Gasteiger partial charge in [-0.2, -0.15) is 0 Å². The standard InChI is InChI=1S/C13H22N4O2/c1-7(2)10-15-11(17-16-10)12(18)14-8-6-9(19-5)13(8,3)4/h7-9H,6H2,1-5H3,(H,14,18)(H,15,16,17). The van der Waals surface area contributed by atoms with E-state index in [9.17, 15) is 4.79 Å². The summed E-state index contributed by atoms with van der Waals surface area (Å²) in [4.78, 5) is 16.3. The number of nitrogens with one attached hydrogen (secondary N) is 2. The van der Waals surface area contributed by atoms with Crippen molar-refractivity contribution in [2.24, 2.45) is 5.41 Å². The van der Waals surface area contributed by atoms with Gasteiger partial charge >= 0.3 is 0 Å². The summed E-state index contributed by atoms with van der Waals surface area (Å²) in [6.45, 7) is 8.18. The van der Waals surface area contributed by atoms with E-state index in [-0.39, 0.29) is 35.2 Å². The van der Waals surface area contributed by atoms with Gasteiger partial charge in [0.1, 0.15) is 5.82 Å². The molecule has 1 aromatic rings. The van der Waals surface area contributed by atoms with Gasteiger partial charge in [-0.3, -0.25) is 9.89 Å². The van der Waals surface area contributed by atoms with Crippen molar-refractivity contribution < 1.29 is 9.53 Å². The van der Waals surface area contributed by atoms with Crippen molar-refractivity contribution in [3.63, 3.8) is 0 Å². The fourth-order valence-electron chi connectivity index (χ4n) is 2.39. The van der Waals surface area contributed by atoms with Crippen molar-refractivity contribution in [2.45, 2.75) is 52.2 Å². The van der Waals surface area contributed by atoms with Crippen LogP contribution in [0.25, 0.3) is 0 Å². The first-order chi connectivity index (χ1) is 8.86. The highest BCUT2D eigenvalue weighted by Crippen LogP contribution is 2.42. The molecule has 6 nitrogen and oxygen atoms in total. The van der Waals surface area contributed by atoms with Crippen LogP contribution in [0.2, 0.25) is 0 Å². The van der Waals surface area contributed by atoms with Crippen molar-refractivity contribution >= 4 is 5.91 Å². The summed E-state index contributed by atoms with van der Waals surface area (Å²) >= 11 is 0. The molecule has 19 heavy (non-hydrogen) atoms. The molecule has 1 aliphatic rings.